The standard InChI is InChI=1S/C16H8ClF3N6O3/c1-7-6-10(16(18,19)20)25-14(21-7)11(17)12(23-25)15-22-13(24-29-15)8-2-4-9(5-3-8)26(27)28/h2-6H,1H3. The Kier molecular flexibility index (Phi) is 4.22. The monoisotopic (exact) mass is 424 g/mol. The number of non-ortho nitro benzene ring substituents is 1. The molecule has 0 radical (unpaired) electrons. The van der Waals surface area contributed by atoms with Crippen LogP contribution in [-0.2, 0) is 6.18 Å². The number of benzene rings is 1. The van der Waals surface area contributed by atoms with Crippen LogP contribution in [0, 0.1) is 17.0 Å². The number of nitrogens with zero attached hydrogens (tertiary/aromatic N) is 6. The first kappa shape index (κ1) is 18.8. The first-order chi connectivity index (χ1) is 13.6. The van der Waals surface area contributed by atoms with Crippen LogP contribution in [0.5, 0.6) is 0 Å². The number of aryl methyl sites for hydroxylation is 1. The van der Waals surface area contributed by atoms with Gasteiger partial charge in [0.2, 0.25) is 5.82 Å². The highest BCUT2D eigenvalue weighted by atomic mass is 35.5. The molecular formula is C16H8ClF3N6O3. The number of nitro groups is 1. The minimum Gasteiger partial charge on any atom is -0.332 e. The molecule has 0 bridgehead atoms. The molecule has 0 amide bonds. The van der Waals surface area contributed by atoms with E-state index in [2.05, 4.69) is 20.2 Å². The van der Waals surface area contributed by atoms with Crippen molar-refractivity contribution >= 4 is 22.9 Å². The zero-order valence-corrected chi connectivity index (χ0v) is 15.1. The molecule has 0 N–H and O–H groups in total. The van der Waals surface area contributed by atoms with Gasteiger partial charge in [-0.25, -0.2) is 9.50 Å². The van der Waals surface area contributed by atoms with Crippen LogP contribution >= 0.6 is 11.6 Å². The highest BCUT2D eigenvalue weighted by Gasteiger charge is 2.36. The summed E-state index contributed by atoms with van der Waals surface area (Å²) < 4.78 is 45.6. The van der Waals surface area contributed by atoms with E-state index in [1.54, 1.807) is 0 Å². The number of hydrogen-bond acceptors (Lipinski definition) is 7. The number of hydrogen-bond donors (Lipinski definition) is 0. The van der Waals surface area contributed by atoms with Crippen LogP contribution in [0.4, 0.5) is 18.9 Å². The Morgan fingerprint density at radius 1 is 1.21 bits per heavy atom. The predicted octanol–water partition coefficient (Wildman–Crippen LogP) is 4.34. The van der Waals surface area contributed by atoms with Gasteiger partial charge in [-0.2, -0.15) is 23.3 Å². The van der Waals surface area contributed by atoms with Crippen molar-refractivity contribution < 1.29 is 22.6 Å². The molecule has 1 aromatic carbocycles. The molecule has 0 fully saturated rings. The fourth-order valence-corrected chi connectivity index (χ4v) is 2.86. The molecule has 0 spiro atoms. The van der Waals surface area contributed by atoms with E-state index in [1.807, 2.05) is 0 Å². The molecule has 0 unspecified atom stereocenters. The van der Waals surface area contributed by atoms with E-state index < -0.39 is 16.8 Å². The smallest absolute Gasteiger partial charge is 0.332 e. The van der Waals surface area contributed by atoms with E-state index in [9.17, 15) is 23.3 Å². The highest BCUT2D eigenvalue weighted by Crippen LogP contribution is 2.35. The zero-order chi connectivity index (χ0) is 20.9. The van der Waals surface area contributed by atoms with Crippen molar-refractivity contribution in [2.75, 3.05) is 0 Å². The van der Waals surface area contributed by atoms with Gasteiger partial charge in [0.05, 0.1) is 4.92 Å². The first-order valence-corrected chi connectivity index (χ1v) is 8.25. The normalized spacial score (nSPS) is 11.9. The number of alkyl halides is 3. The minimum atomic E-state index is -4.68. The maximum atomic E-state index is 13.3. The van der Waals surface area contributed by atoms with E-state index in [4.69, 9.17) is 16.1 Å². The topological polar surface area (TPSA) is 112 Å². The molecular weight excluding hydrogens is 417 g/mol. The Balaban J connectivity index is 1.80. The van der Waals surface area contributed by atoms with Crippen LogP contribution in [0.2, 0.25) is 5.02 Å². The molecule has 9 nitrogen and oxygen atoms in total. The van der Waals surface area contributed by atoms with E-state index in [0.717, 1.165) is 6.07 Å². The van der Waals surface area contributed by atoms with Gasteiger partial charge in [0, 0.05) is 23.4 Å². The molecule has 0 saturated heterocycles. The number of rotatable bonds is 3. The van der Waals surface area contributed by atoms with Crippen LogP contribution < -0.4 is 0 Å². The summed E-state index contributed by atoms with van der Waals surface area (Å²) in [7, 11) is 0. The van der Waals surface area contributed by atoms with E-state index >= 15 is 0 Å². The Bertz CT molecular complexity index is 1250. The fraction of sp³-hybridized carbons (Fsp3) is 0.125. The number of fused-ring (bicyclic) bond motifs is 1. The van der Waals surface area contributed by atoms with Gasteiger partial charge in [0.15, 0.2) is 11.3 Å². The Morgan fingerprint density at radius 2 is 1.90 bits per heavy atom. The molecule has 0 atom stereocenters. The molecule has 0 aliphatic rings. The van der Waals surface area contributed by atoms with Crippen molar-refractivity contribution in [2.24, 2.45) is 0 Å². The summed E-state index contributed by atoms with van der Waals surface area (Å²) in [5.41, 5.74) is -1.05. The third-order valence-electron chi connectivity index (χ3n) is 3.92. The molecule has 148 valence electrons. The zero-order valence-electron chi connectivity index (χ0n) is 14.3. The lowest BCUT2D eigenvalue weighted by molar-refractivity contribution is -0.384. The van der Waals surface area contributed by atoms with Crippen molar-refractivity contribution in [1.29, 1.82) is 0 Å². The summed E-state index contributed by atoms with van der Waals surface area (Å²) in [6.07, 6.45) is -4.68. The van der Waals surface area contributed by atoms with Gasteiger partial charge < -0.3 is 4.52 Å². The fourth-order valence-electron chi connectivity index (χ4n) is 2.62. The number of nitro benzene ring substituents is 1. The molecule has 3 aromatic heterocycles. The molecule has 13 heteroatoms. The second kappa shape index (κ2) is 6.51. The SMILES string of the molecule is Cc1cc(C(F)(F)F)n2nc(-c3nc(-c4ccc([N+](=O)[O-])cc4)no3)c(Cl)c2n1. The largest absolute Gasteiger partial charge is 0.433 e. The van der Waals surface area contributed by atoms with Crippen molar-refractivity contribution in [2.45, 2.75) is 13.1 Å². The average molecular weight is 425 g/mol. The summed E-state index contributed by atoms with van der Waals surface area (Å²) in [4.78, 5) is 18.2. The summed E-state index contributed by atoms with van der Waals surface area (Å²) >= 11 is 6.18. The lowest BCUT2D eigenvalue weighted by Gasteiger charge is -2.09. The molecule has 0 aliphatic carbocycles. The van der Waals surface area contributed by atoms with Gasteiger partial charge in [0.1, 0.15) is 10.7 Å². The molecule has 29 heavy (non-hydrogen) atoms. The Hall–Kier alpha value is -3.54. The molecule has 0 aliphatic heterocycles. The van der Waals surface area contributed by atoms with Crippen LogP contribution in [0.15, 0.2) is 34.9 Å². The van der Waals surface area contributed by atoms with Crippen molar-refractivity contribution in [3.63, 3.8) is 0 Å². The van der Waals surface area contributed by atoms with Gasteiger partial charge >= 0.3 is 6.18 Å². The lowest BCUT2D eigenvalue weighted by atomic mass is 10.2. The van der Waals surface area contributed by atoms with Crippen LogP contribution in [0.3, 0.4) is 0 Å². The van der Waals surface area contributed by atoms with Gasteiger partial charge in [0.25, 0.3) is 11.6 Å². The predicted molar refractivity (Wildman–Crippen MR) is 93.1 cm³/mol. The third kappa shape index (κ3) is 3.27. The lowest BCUT2D eigenvalue weighted by Crippen LogP contribution is -2.13. The summed E-state index contributed by atoms with van der Waals surface area (Å²) in [5, 5.41) is 18.1. The summed E-state index contributed by atoms with van der Waals surface area (Å²) in [6, 6.07) is 6.17. The molecule has 0 saturated carbocycles. The van der Waals surface area contributed by atoms with Crippen molar-refractivity contribution in [1.82, 2.24) is 24.7 Å². The highest BCUT2D eigenvalue weighted by molar-refractivity contribution is 6.35. The van der Waals surface area contributed by atoms with Crippen LogP contribution in [0.1, 0.15) is 11.4 Å². The Labute approximate surface area is 163 Å². The third-order valence-corrected chi connectivity index (χ3v) is 4.26. The maximum absolute atomic E-state index is 13.3. The van der Waals surface area contributed by atoms with Crippen molar-refractivity contribution in [3.8, 4) is 23.0 Å². The van der Waals surface area contributed by atoms with Gasteiger partial charge in [-0.1, -0.05) is 16.8 Å². The van der Waals surface area contributed by atoms with Crippen LogP contribution in [0.25, 0.3) is 28.6 Å². The number of aromatic nitrogens is 5. The van der Waals surface area contributed by atoms with Crippen LogP contribution in [-0.4, -0.2) is 29.7 Å². The van der Waals surface area contributed by atoms with Crippen molar-refractivity contribution in [3.05, 3.63) is 56.9 Å². The quantitative estimate of drug-likeness (QED) is 0.355. The number of halogens is 4. The van der Waals surface area contributed by atoms with E-state index in [0.29, 0.717) is 10.1 Å². The molecule has 4 aromatic rings. The second-order valence-electron chi connectivity index (χ2n) is 5.91. The van der Waals surface area contributed by atoms with E-state index in [1.165, 1.54) is 31.2 Å². The second-order valence-corrected chi connectivity index (χ2v) is 6.28. The van der Waals surface area contributed by atoms with Gasteiger partial charge in [-0.3, -0.25) is 10.1 Å². The minimum absolute atomic E-state index is 0.0585. The molecule has 3 heterocycles. The van der Waals surface area contributed by atoms with Gasteiger partial charge in [-0.15, -0.1) is 0 Å². The van der Waals surface area contributed by atoms with E-state index in [-0.39, 0.29) is 39.5 Å². The van der Waals surface area contributed by atoms with Gasteiger partial charge in [-0.05, 0) is 25.1 Å². The maximum Gasteiger partial charge on any atom is 0.433 e. The summed E-state index contributed by atoms with van der Waals surface area (Å²) in [5.74, 6) is -0.164. The first-order valence-electron chi connectivity index (χ1n) is 7.87. The summed E-state index contributed by atoms with van der Waals surface area (Å²) in [6.45, 7) is 1.40. The average Bonchev–Trinajstić information content (AvgIpc) is 3.26. The Morgan fingerprint density at radius 3 is 2.52 bits per heavy atom. The molecule has 4 rings (SSSR count).